The molecule has 3 N–H and O–H groups in total. The van der Waals surface area contributed by atoms with Crippen molar-refractivity contribution in [3.05, 3.63) is 30.2 Å². The number of nitrogens with two attached hydrogens (primary N) is 1. The smallest absolute Gasteiger partial charge is 0.273 e. The Morgan fingerprint density at radius 1 is 1.53 bits per heavy atom. The fraction of sp³-hybridized carbons (Fsp3) is 0.250. The average molecular weight is 262 g/mol. The van der Waals surface area contributed by atoms with Crippen molar-refractivity contribution in [3.63, 3.8) is 0 Å². The first-order valence-corrected chi connectivity index (χ1v) is 5.80. The third kappa shape index (κ3) is 3.44. The van der Waals surface area contributed by atoms with Crippen LogP contribution in [-0.2, 0) is 0 Å². The molecule has 19 heavy (non-hydrogen) atoms. The number of furan rings is 1. The van der Waals surface area contributed by atoms with Gasteiger partial charge in [0.2, 0.25) is 5.76 Å². The van der Waals surface area contributed by atoms with Crippen molar-refractivity contribution in [3.8, 4) is 11.5 Å². The number of nitrogens with zero attached hydrogens (tertiary/aromatic N) is 2. The van der Waals surface area contributed by atoms with E-state index in [0.717, 1.165) is 0 Å². The van der Waals surface area contributed by atoms with Crippen molar-refractivity contribution >= 4 is 12.2 Å². The molecule has 0 aliphatic rings. The number of carbonyl (C=O) groups excluding carboxylic acids is 1. The molecule has 0 saturated heterocycles. The topological polar surface area (TPSA) is 107 Å². The summed E-state index contributed by atoms with van der Waals surface area (Å²) in [7, 11) is 0. The van der Waals surface area contributed by atoms with Gasteiger partial charge in [0, 0.05) is 19.2 Å². The summed E-state index contributed by atoms with van der Waals surface area (Å²) in [6.45, 7) is 1.08. The Morgan fingerprint density at radius 3 is 3.16 bits per heavy atom. The van der Waals surface area contributed by atoms with Crippen molar-refractivity contribution < 1.29 is 13.7 Å². The number of nitrogens with one attached hydrogen (secondary N) is 1. The van der Waals surface area contributed by atoms with Gasteiger partial charge in [0.25, 0.3) is 5.91 Å². The number of rotatable bonds is 6. The molecular formula is C12H14N4O3. The van der Waals surface area contributed by atoms with Crippen molar-refractivity contribution in [1.29, 1.82) is 0 Å². The molecule has 0 atom stereocenters. The van der Waals surface area contributed by atoms with E-state index >= 15 is 0 Å². The van der Waals surface area contributed by atoms with E-state index in [2.05, 4.69) is 15.5 Å². The normalized spacial score (nSPS) is 10.9. The van der Waals surface area contributed by atoms with Gasteiger partial charge in [0.1, 0.15) is 0 Å². The molecule has 2 aromatic rings. The zero-order chi connectivity index (χ0) is 13.5. The van der Waals surface area contributed by atoms with Crippen molar-refractivity contribution in [1.82, 2.24) is 10.5 Å². The summed E-state index contributed by atoms with van der Waals surface area (Å²) in [5.74, 6) is 0.657. The Labute approximate surface area is 109 Å². The Hall–Kier alpha value is -2.57. The number of amides is 1. The van der Waals surface area contributed by atoms with E-state index in [1.165, 1.54) is 18.7 Å². The summed E-state index contributed by atoms with van der Waals surface area (Å²) in [5.41, 5.74) is 5.32. The lowest BCUT2D eigenvalue weighted by Crippen LogP contribution is -2.25. The summed E-state index contributed by atoms with van der Waals surface area (Å²) in [6.07, 6.45) is 3.48. The van der Waals surface area contributed by atoms with Crippen LogP contribution in [0, 0.1) is 0 Å². The molecular weight excluding hydrogens is 248 g/mol. The SMILES string of the molecule is NC=NCCCNC(=O)c1cc(-c2ccco2)on1. The predicted molar refractivity (Wildman–Crippen MR) is 68.7 cm³/mol. The highest BCUT2D eigenvalue weighted by molar-refractivity contribution is 5.92. The van der Waals surface area contributed by atoms with Crippen molar-refractivity contribution in [2.24, 2.45) is 10.7 Å². The molecule has 0 saturated carbocycles. The summed E-state index contributed by atoms with van der Waals surface area (Å²) in [4.78, 5) is 15.6. The molecule has 0 spiro atoms. The van der Waals surface area contributed by atoms with E-state index in [-0.39, 0.29) is 11.6 Å². The minimum atomic E-state index is -0.293. The Morgan fingerprint density at radius 2 is 2.42 bits per heavy atom. The fourth-order valence-corrected chi connectivity index (χ4v) is 1.45. The largest absolute Gasteiger partial charge is 0.461 e. The minimum absolute atomic E-state index is 0.216. The highest BCUT2D eigenvalue weighted by Gasteiger charge is 2.14. The number of carbonyl (C=O) groups is 1. The molecule has 0 radical (unpaired) electrons. The van der Waals surface area contributed by atoms with E-state index < -0.39 is 0 Å². The summed E-state index contributed by atoms with van der Waals surface area (Å²) < 4.78 is 10.2. The molecule has 100 valence electrons. The van der Waals surface area contributed by atoms with E-state index in [4.69, 9.17) is 14.7 Å². The third-order valence-electron chi connectivity index (χ3n) is 2.36. The Bertz CT molecular complexity index is 545. The van der Waals surface area contributed by atoms with Gasteiger partial charge in [0.15, 0.2) is 11.5 Å². The van der Waals surface area contributed by atoms with Crippen LogP contribution in [0.3, 0.4) is 0 Å². The maximum atomic E-state index is 11.7. The van der Waals surface area contributed by atoms with Crippen LogP contribution in [-0.4, -0.2) is 30.5 Å². The van der Waals surface area contributed by atoms with Gasteiger partial charge in [-0.25, -0.2) is 0 Å². The Kier molecular flexibility index (Phi) is 4.33. The van der Waals surface area contributed by atoms with Gasteiger partial charge in [-0.05, 0) is 18.6 Å². The highest BCUT2D eigenvalue weighted by Crippen LogP contribution is 2.20. The summed E-state index contributed by atoms with van der Waals surface area (Å²) >= 11 is 0. The minimum Gasteiger partial charge on any atom is -0.461 e. The van der Waals surface area contributed by atoms with Gasteiger partial charge in [-0.1, -0.05) is 5.16 Å². The van der Waals surface area contributed by atoms with Gasteiger partial charge in [-0.15, -0.1) is 0 Å². The molecule has 2 aromatic heterocycles. The first-order valence-electron chi connectivity index (χ1n) is 5.80. The van der Waals surface area contributed by atoms with Gasteiger partial charge in [-0.2, -0.15) is 0 Å². The maximum Gasteiger partial charge on any atom is 0.273 e. The molecule has 7 heteroatoms. The molecule has 7 nitrogen and oxygen atoms in total. The number of aliphatic imine (C=N–C) groups is 1. The number of hydrogen-bond acceptors (Lipinski definition) is 5. The van der Waals surface area contributed by atoms with Crippen LogP contribution in [0.4, 0.5) is 0 Å². The van der Waals surface area contributed by atoms with Gasteiger partial charge >= 0.3 is 0 Å². The fourth-order valence-electron chi connectivity index (χ4n) is 1.45. The van der Waals surface area contributed by atoms with Crippen LogP contribution < -0.4 is 11.1 Å². The molecule has 0 aromatic carbocycles. The van der Waals surface area contributed by atoms with Gasteiger partial charge in [0.05, 0.1) is 12.6 Å². The van der Waals surface area contributed by atoms with Crippen LogP contribution in [0.2, 0.25) is 0 Å². The zero-order valence-electron chi connectivity index (χ0n) is 10.2. The van der Waals surface area contributed by atoms with Crippen molar-refractivity contribution in [2.45, 2.75) is 6.42 Å². The van der Waals surface area contributed by atoms with Gasteiger partial charge < -0.3 is 20.0 Å². The number of aromatic nitrogens is 1. The molecule has 0 aliphatic carbocycles. The standard InChI is InChI=1S/C12H14N4O3/c13-8-14-4-2-5-15-12(17)9-7-11(19-16-9)10-3-1-6-18-10/h1,3,6-8H,2,4-5H2,(H2,13,14)(H,15,17). The molecule has 2 rings (SSSR count). The van der Waals surface area contributed by atoms with E-state index in [1.54, 1.807) is 12.1 Å². The lowest BCUT2D eigenvalue weighted by atomic mass is 10.3. The van der Waals surface area contributed by atoms with Gasteiger partial charge in [-0.3, -0.25) is 9.79 Å². The third-order valence-corrected chi connectivity index (χ3v) is 2.36. The van der Waals surface area contributed by atoms with E-state index in [0.29, 0.717) is 31.0 Å². The highest BCUT2D eigenvalue weighted by atomic mass is 16.5. The second kappa shape index (κ2) is 6.39. The average Bonchev–Trinajstić information content (AvgIpc) is 3.08. The van der Waals surface area contributed by atoms with E-state index in [1.807, 2.05) is 0 Å². The van der Waals surface area contributed by atoms with Crippen LogP contribution in [0.1, 0.15) is 16.9 Å². The molecule has 1 amide bonds. The molecule has 0 bridgehead atoms. The van der Waals surface area contributed by atoms with Crippen LogP contribution in [0.15, 0.2) is 38.4 Å². The maximum absolute atomic E-state index is 11.7. The summed E-state index contributed by atoms with van der Waals surface area (Å²) in [5, 5.41) is 6.40. The summed E-state index contributed by atoms with van der Waals surface area (Å²) in [6, 6.07) is 4.99. The molecule has 0 unspecified atom stereocenters. The molecule has 2 heterocycles. The van der Waals surface area contributed by atoms with Crippen LogP contribution in [0.25, 0.3) is 11.5 Å². The first kappa shape index (κ1) is 12.9. The Balaban J connectivity index is 1.86. The second-order valence-electron chi connectivity index (χ2n) is 3.72. The lowest BCUT2D eigenvalue weighted by molar-refractivity contribution is 0.0944. The first-order chi connectivity index (χ1) is 9.31. The lowest BCUT2D eigenvalue weighted by Gasteiger charge is -1.99. The quantitative estimate of drug-likeness (QED) is 0.459. The molecule has 0 aliphatic heterocycles. The molecule has 0 fully saturated rings. The predicted octanol–water partition coefficient (Wildman–Crippen LogP) is 1.04. The zero-order valence-corrected chi connectivity index (χ0v) is 10.2. The second-order valence-corrected chi connectivity index (χ2v) is 3.72. The monoisotopic (exact) mass is 262 g/mol. The van der Waals surface area contributed by atoms with E-state index in [9.17, 15) is 4.79 Å². The van der Waals surface area contributed by atoms with Crippen molar-refractivity contribution in [2.75, 3.05) is 13.1 Å². The van der Waals surface area contributed by atoms with Crippen LogP contribution >= 0.6 is 0 Å². The number of hydrogen-bond donors (Lipinski definition) is 2. The van der Waals surface area contributed by atoms with Crippen LogP contribution in [0.5, 0.6) is 0 Å².